The summed E-state index contributed by atoms with van der Waals surface area (Å²) in [4.78, 5) is 27.6. The Morgan fingerprint density at radius 1 is 1.03 bits per heavy atom. The first-order valence-corrected chi connectivity index (χ1v) is 11.8. The monoisotopic (exact) mass is 429 g/mol. The van der Waals surface area contributed by atoms with Gasteiger partial charge in [-0.25, -0.2) is 8.42 Å². The third-order valence-electron chi connectivity index (χ3n) is 5.34. The van der Waals surface area contributed by atoms with Crippen molar-refractivity contribution < 1.29 is 18.0 Å². The van der Waals surface area contributed by atoms with Crippen LogP contribution < -0.4 is 9.62 Å². The molecule has 0 radical (unpaired) electrons. The molecule has 0 unspecified atom stereocenters. The molecule has 0 atom stereocenters. The molecule has 1 aliphatic heterocycles. The number of amides is 2. The van der Waals surface area contributed by atoms with Gasteiger partial charge in [-0.05, 0) is 62.1 Å². The van der Waals surface area contributed by atoms with Crippen LogP contribution in [-0.2, 0) is 10.0 Å². The third-order valence-corrected chi connectivity index (χ3v) is 6.54. The molecule has 2 aromatic rings. The first-order valence-electron chi connectivity index (χ1n) is 9.92. The first-order chi connectivity index (χ1) is 14.2. The number of hydrogen-bond acceptors (Lipinski definition) is 4. The zero-order valence-electron chi connectivity index (χ0n) is 17.5. The zero-order valence-corrected chi connectivity index (χ0v) is 18.3. The van der Waals surface area contributed by atoms with E-state index in [2.05, 4.69) is 5.32 Å². The summed E-state index contributed by atoms with van der Waals surface area (Å²) in [5.74, 6) is -0.433. The number of carbonyl (C=O) groups is 2. The molecular formula is C22H27N3O4S. The normalized spacial score (nSPS) is 14.3. The molecule has 1 N–H and O–H groups in total. The number of carbonyl (C=O) groups excluding carboxylic acids is 2. The second-order valence-corrected chi connectivity index (χ2v) is 9.60. The summed E-state index contributed by atoms with van der Waals surface area (Å²) in [6.45, 7) is 3.22. The Hall–Kier alpha value is -2.87. The fraction of sp³-hybridized carbons (Fsp3) is 0.364. The van der Waals surface area contributed by atoms with E-state index in [1.165, 1.54) is 11.4 Å². The number of sulfonamides is 1. The average molecular weight is 430 g/mol. The zero-order chi connectivity index (χ0) is 21.9. The minimum Gasteiger partial charge on any atom is -0.339 e. The number of likely N-dealkylation sites (tertiary alicyclic amines) is 1. The van der Waals surface area contributed by atoms with Gasteiger partial charge < -0.3 is 10.2 Å². The highest BCUT2D eigenvalue weighted by molar-refractivity contribution is 7.92. The van der Waals surface area contributed by atoms with Crippen LogP contribution in [0, 0.1) is 6.92 Å². The molecule has 3 rings (SSSR count). The molecule has 1 heterocycles. The molecule has 2 amide bonds. The summed E-state index contributed by atoms with van der Waals surface area (Å²) in [7, 11) is -1.92. The van der Waals surface area contributed by atoms with E-state index in [0.717, 1.165) is 38.6 Å². The lowest BCUT2D eigenvalue weighted by Gasteiger charge is -2.27. The van der Waals surface area contributed by atoms with Crippen LogP contribution in [0.4, 0.5) is 11.4 Å². The lowest BCUT2D eigenvalue weighted by Crippen LogP contribution is -2.36. The lowest BCUT2D eigenvalue weighted by molar-refractivity contribution is 0.0725. The van der Waals surface area contributed by atoms with Gasteiger partial charge in [0.1, 0.15) is 0 Å². The van der Waals surface area contributed by atoms with Crippen molar-refractivity contribution in [3.63, 3.8) is 0 Å². The molecule has 0 spiro atoms. The number of aryl methyl sites for hydroxylation is 1. The fourth-order valence-corrected chi connectivity index (χ4v) is 4.13. The highest BCUT2D eigenvalue weighted by Gasteiger charge is 2.22. The van der Waals surface area contributed by atoms with E-state index in [1.54, 1.807) is 49.4 Å². The van der Waals surface area contributed by atoms with E-state index in [1.807, 2.05) is 4.90 Å². The van der Waals surface area contributed by atoms with Crippen molar-refractivity contribution in [3.05, 3.63) is 59.2 Å². The summed E-state index contributed by atoms with van der Waals surface area (Å²) in [5, 5.41) is 2.83. The average Bonchev–Trinajstić information content (AvgIpc) is 2.73. The predicted octanol–water partition coefficient (Wildman–Crippen LogP) is 3.27. The number of hydrogen-bond donors (Lipinski definition) is 1. The minimum absolute atomic E-state index is 0.0769. The Bertz CT molecular complexity index is 1060. The van der Waals surface area contributed by atoms with Crippen LogP contribution in [0.2, 0.25) is 0 Å². The Kier molecular flexibility index (Phi) is 6.45. The van der Waals surface area contributed by atoms with Crippen LogP contribution in [-0.4, -0.2) is 51.5 Å². The molecule has 1 saturated heterocycles. The summed E-state index contributed by atoms with van der Waals surface area (Å²) in [6.07, 6.45) is 4.25. The van der Waals surface area contributed by atoms with Crippen LogP contribution in [0.1, 0.15) is 45.5 Å². The van der Waals surface area contributed by atoms with E-state index < -0.39 is 10.0 Å². The maximum Gasteiger partial charge on any atom is 0.255 e. The molecule has 160 valence electrons. The number of para-hydroxylation sites is 1. The molecule has 7 nitrogen and oxygen atoms in total. The van der Waals surface area contributed by atoms with Crippen molar-refractivity contribution in [2.24, 2.45) is 0 Å². The lowest BCUT2D eigenvalue weighted by atomic mass is 10.1. The number of nitrogens with zero attached hydrogens (tertiary/aromatic N) is 2. The van der Waals surface area contributed by atoms with Gasteiger partial charge in [-0.15, -0.1) is 0 Å². The van der Waals surface area contributed by atoms with Crippen LogP contribution >= 0.6 is 0 Å². The summed E-state index contributed by atoms with van der Waals surface area (Å²) in [5.41, 5.74) is 2.49. The Labute approximate surface area is 177 Å². The van der Waals surface area contributed by atoms with E-state index in [4.69, 9.17) is 0 Å². The number of piperidine rings is 1. The molecule has 1 fully saturated rings. The molecule has 0 aliphatic carbocycles. The van der Waals surface area contributed by atoms with Crippen LogP contribution in [0.15, 0.2) is 42.5 Å². The SMILES string of the molecule is Cc1cc(C(=O)Nc2ccccc2C(=O)N2CCCCC2)ccc1N(C)S(C)(=O)=O. The molecule has 30 heavy (non-hydrogen) atoms. The van der Waals surface area contributed by atoms with E-state index in [0.29, 0.717) is 28.1 Å². The highest BCUT2D eigenvalue weighted by atomic mass is 32.2. The van der Waals surface area contributed by atoms with Gasteiger partial charge in [0.05, 0.1) is 23.2 Å². The van der Waals surface area contributed by atoms with Crippen molar-refractivity contribution in [1.82, 2.24) is 4.90 Å². The summed E-state index contributed by atoms with van der Waals surface area (Å²) in [6, 6.07) is 11.8. The van der Waals surface area contributed by atoms with Gasteiger partial charge in [0.2, 0.25) is 10.0 Å². The standard InChI is InChI=1S/C22H27N3O4S/c1-16-15-17(11-12-20(16)24(2)30(3,28)29)21(26)23-19-10-6-5-9-18(19)22(27)25-13-7-4-8-14-25/h5-6,9-12,15H,4,7-8,13-14H2,1-3H3,(H,23,26). The van der Waals surface area contributed by atoms with Gasteiger partial charge in [0.15, 0.2) is 0 Å². The second kappa shape index (κ2) is 8.87. The fourth-order valence-electron chi connectivity index (χ4n) is 3.57. The topological polar surface area (TPSA) is 86.8 Å². The van der Waals surface area contributed by atoms with Gasteiger partial charge in [-0.3, -0.25) is 13.9 Å². The minimum atomic E-state index is -3.40. The Balaban J connectivity index is 1.81. The first kappa shape index (κ1) is 21.8. The van der Waals surface area contributed by atoms with E-state index >= 15 is 0 Å². The molecule has 0 aromatic heterocycles. The van der Waals surface area contributed by atoms with Crippen LogP contribution in [0.5, 0.6) is 0 Å². The maximum atomic E-state index is 12.9. The largest absolute Gasteiger partial charge is 0.339 e. The van der Waals surface area contributed by atoms with Gasteiger partial charge in [0.25, 0.3) is 11.8 Å². The van der Waals surface area contributed by atoms with E-state index in [-0.39, 0.29) is 11.8 Å². The molecule has 0 bridgehead atoms. The van der Waals surface area contributed by atoms with Crippen molar-refractivity contribution in [2.75, 3.05) is 36.0 Å². The van der Waals surface area contributed by atoms with Crippen molar-refractivity contribution in [2.45, 2.75) is 26.2 Å². The molecule has 1 aliphatic rings. The van der Waals surface area contributed by atoms with Crippen LogP contribution in [0.25, 0.3) is 0 Å². The van der Waals surface area contributed by atoms with Gasteiger partial charge in [-0.1, -0.05) is 12.1 Å². The van der Waals surface area contributed by atoms with Gasteiger partial charge >= 0.3 is 0 Å². The summed E-state index contributed by atoms with van der Waals surface area (Å²) >= 11 is 0. The molecule has 8 heteroatoms. The third kappa shape index (κ3) is 4.81. The van der Waals surface area contributed by atoms with E-state index in [9.17, 15) is 18.0 Å². The molecule has 0 saturated carbocycles. The second-order valence-electron chi connectivity index (χ2n) is 7.58. The maximum absolute atomic E-state index is 12.9. The molecule has 2 aromatic carbocycles. The van der Waals surface area contributed by atoms with Crippen molar-refractivity contribution in [1.29, 1.82) is 0 Å². The number of anilines is 2. The van der Waals surface area contributed by atoms with Gasteiger partial charge in [-0.2, -0.15) is 0 Å². The number of nitrogens with one attached hydrogen (secondary N) is 1. The van der Waals surface area contributed by atoms with Crippen LogP contribution in [0.3, 0.4) is 0 Å². The smallest absolute Gasteiger partial charge is 0.255 e. The Morgan fingerprint density at radius 2 is 1.70 bits per heavy atom. The predicted molar refractivity (Wildman–Crippen MR) is 119 cm³/mol. The summed E-state index contributed by atoms with van der Waals surface area (Å²) < 4.78 is 24.7. The van der Waals surface area contributed by atoms with Gasteiger partial charge in [0, 0.05) is 25.7 Å². The molecular weight excluding hydrogens is 402 g/mol. The van der Waals surface area contributed by atoms with Crippen molar-refractivity contribution in [3.8, 4) is 0 Å². The highest BCUT2D eigenvalue weighted by Crippen LogP contribution is 2.24. The number of rotatable bonds is 5. The van der Waals surface area contributed by atoms with Crippen molar-refractivity contribution >= 4 is 33.2 Å². The quantitative estimate of drug-likeness (QED) is 0.790. The number of benzene rings is 2. The Morgan fingerprint density at radius 3 is 2.33 bits per heavy atom.